The minimum atomic E-state index is -0.610. The summed E-state index contributed by atoms with van der Waals surface area (Å²) in [4.78, 5) is 17.3. The number of aliphatic imine (C=N–C) groups is 1. The zero-order valence-corrected chi connectivity index (χ0v) is 14.9. The summed E-state index contributed by atoms with van der Waals surface area (Å²) < 4.78 is 5.07. The SMILES string of the molecule is CCOC(=O)C1=C(O)/C(=C\c2ccc(O)cc2)SC1=Nc1ccccc1. The highest BCUT2D eigenvalue weighted by Crippen LogP contribution is 2.40. The van der Waals surface area contributed by atoms with E-state index in [0.717, 1.165) is 5.56 Å². The molecule has 0 atom stereocenters. The monoisotopic (exact) mass is 367 g/mol. The van der Waals surface area contributed by atoms with Gasteiger partial charge in [-0.05, 0) is 42.8 Å². The molecule has 1 aliphatic heterocycles. The molecule has 0 radical (unpaired) electrons. The van der Waals surface area contributed by atoms with E-state index in [1.165, 1.54) is 11.8 Å². The fourth-order valence-electron chi connectivity index (χ4n) is 2.33. The molecule has 2 aromatic rings. The van der Waals surface area contributed by atoms with Crippen LogP contribution in [-0.2, 0) is 9.53 Å². The number of carbonyl (C=O) groups is 1. The molecule has 0 bridgehead atoms. The van der Waals surface area contributed by atoms with Gasteiger partial charge in [-0.25, -0.2) is 9.79 Å². The van der Waals surface area contributed by atoms with Crippen LogP contribution in [0.5, 0.6) is 5.75 Å². The fraction of sp³-hybridized carbons (Fsp3) is 0.100. The van der Waals surface area contributed by atoms with E-state index in [-0.39, 0.29) is 23.7 Å². The van der Waals surface area contributed by atoms with Crippen LogP contribution in [0.1, 0.15) is 12.5 Å². The van der Waals surface area contributed by atoms with E-state index < -0.39 is 5.97 Å². The molecule has 1 heterocycles. The number of phenols is 1. The van der Waals surface area contributed by atoms with Crippen LogP contribution in [0.2, 0.25) is 0 Å². The van der Waals surface area contributed by atoms with Crippen LogP contribution in [0.25, 0.3) is 6.08 Å². The first-order chi connectivity index (χ1) is 12.6. The average molecular weight is 367 g/mol. The Hall–Kier alpha value is -2.99. The number of hydrogen-bond acceptors (Lipinski definition) is 6. The predicted molar refractivity (Wildman–Crippen MR) is 103 cm³/mol. The van der Waals surface area contributed by atoms with E-state index >= 15 is 0 Å². The van der Waals surface area contributed by atoms with Crippen molar-refractivity contribution in [1.82, 2.24) is 0 Å². The first-order valence-electron chi connectivity index (χ1n) is 8.02. The van der Waals surface area contributed by atoms with E-state index in [0.29, 0.717) is 15.6 Å². The lowest BCUT2D eigenvalue weighted by atomic mass is 10.1. The molecule has 1 aliphatic rings. The van der Waals surface area contributed by atoms with Crippen molar-refractivity contribution in [3.63, 3.8) is 0 Å². The third-order valence-electron chi connectivity index (χ3n) is 3.55. The van der Waals surface area contributed by atoms with Crippen LogP contribution < -0.4 is 0 Å². The molecule has 0 aliphatic carbocycles. The van der Waals surface area contributed by atoms with Gasteiger partial charge in [-0.15, -0.1) is 0 Å². The molecule has 2 aromatic carbocycles. The molecular formula is C20H17NO4S. The number of esters is 1. The minimum absolute atomic E-state index is 0.0609. The predicted octanol–water partition coefficient (Wildman–Crippen LogP) is 4.59. The number of ether oxygens (including phenoxy) is 1. The van der Waals surface area contributed by atoms with Crippen molar-refractivity contribution in [1.29, 1.82) is 0 Å². The molecule has 0 amide bonds. The number of para-hydroxylation sites is 1. The van der Waals surface area contributed by atoms with Gasteiger partial charge in [-0.1, -0.05) is 42.1 Å². The Morgan fingerprint density at radius 3 is 2.46 bits per heavy atom. The van der Waals surface area contributed by atoms with Gasteiger partial charge in [-0.3, -0.25) is 0 Å². The van der Waals surface area contributed by atoms with Crippen molar-refractivity contribution in [2.75, 3.05) is 6.61 Å². The normalized spacial score (nSPS) is 17.1. The van der Waals surface area contributed by atoms with Crippen molar-refractivity contribution in [3.05, 3.63) is 76.4 Å². The topological polar surface area (TPSA) is 79.1 Å². The lowest BCUT2D eigenvalue weighted by Gasteiger charge is -2.03. The van der Waals surface area contributed by atoms with Crippen molar-refractivity contribution >= 4 is 34.5 Å². The lowest BCUT2D eigenvalue weighted by molar-refractivity contribution is -0.138. The van der Waals surface area contributed by atoms with E-state index in [9.17, 15) is 15.0 Å². The molecule has 5 nitrogen and oxygen atoms in total. The summed E-state index contributed by atoms with van der Waals surface area (Å²) in [6.45, 7) is 1.91. The summed E-state index contributed by atoms with van der Waals surface area (Å²) in [6, 6.07) is 15.7. The van der Waals surface area contributed by atoms with E-state index in [1.54, 1.807) is 37.3 Å². The average Bonchev–Trinajstić information content (AvgIpc) is 2.93. The Bertz CT molecular complexity index is 899. The third-order valence-corrected chi connectivity index (χ3v) is 4.57. The molecule has 2 N–H and O–H groups in total. The van der Waals surface area contributed by atoms with Crippen LogP contribution in [0.15, 0.2) is 75.8 Å². The first kappa shape index (κ1) is 17.8. The number of benzene rings is 2. The quantitative estimate of drug-likeness (QED) is 0.773. The molecule has 6 heteroatoms. The number of hydrogen-bond donors (Lipinski definition) is 2. The zero-order chi connectivity index (χ0) is 18.5. The van der Waals surface area contributed by atoms with Gasteiger partial charge in [0.05, 0.1) is 17.2 Å². The van der Waals surface area contributed by atoms with Crippen LogP contribution in [-0.4, -0.2) is 27.8 Å². The number of aromatic hydroxyl groups is 1. The van der Waals surface area contributed by atoms with Crippen LogP contribution >= 0.6 is 11.8 Å². The Labute approximate surface area is 155 Å². The Kier molecular flexibility index (Phi) is 5.43. The van der Waals surface area contributed by atoms with Gasteiger partial charge in [0.15, 0.2) is 0 Å². The van der Waals surface area contributed by atoms with Gasteiger partial charge in [0.2, 0.25) is 0 Å². The van der Waals surface area contributed by atoms with Gasteiger partial charge in [0.25, 0.3) is 0 Å². The molecule has 0 saturated carbocycles. The summed E-state index contributed by atoms with van der Waals surface area (Å²) in [6.07, 6.45) is 1.73. The number of nitrogens with zero attached hydrogens (tertiary/aromatic N) is 1. The van der Waals surface area contributed by atoms with Crippen molar-refractivity contribution in [3.8, 4) is 5.75 Å². The maximum absolute atomic E-state index is 12.3. The summed E-state index contributed by atoms with van der Waals surface area (Å²) in [5.41, 5.74) is 1.52. The van der Waals surface area contributed by atoms with Gasteiger partial charge >= 0.3 is 5.97 Å². The third kappa shape index (κ3) is 3.97. The number of rotatable bonds is 4. The maximum atomic E-state index is 12.3. The van der Waals surface area contributed by atoms with Gasteiger partial charge in [0, 0.05) is 0 Å². The van der Waals surface area contributed by atoms with Crippen molar-refractivity contribution in [2.24, 2.45) is 4.99 Å². The molecular weight excluding hydrogens is 350 g/mol. The maximum Gasteiger partial charge on any atom is 0.344 e. The first-order valence-corrected chi connectivity index (χ1v) is 8.83. The highest BCUT2D eigenvalue weighted by molar-refractivity contribution is 8.18. The number of carbonyl (C=O) groups excluding carboxylic acids is 1. The fourth-order valence-corrected chi connectivity index (χ4v) is 3.37. The zero-order valence-electron chi connectivity index (χ0n) is 14.0. The molecule has 26 heavy (non-hydrogen) atoms. The minimum Gasteiger partial charge on any atom is -0.508 e. The Morgan fingerprint density at radius 1 is 1.12 bits per heavy atom. The van der Waals surface area contributed by atoms with Gasteiger partial charge in [0.1, 0.15) is 22.1 Å². The summed E-state index contributed by atoms with van der Waals surface area (Å²) >= 11 is 1.20. The Balaban J connectivity index is 2.02. The highest BCUT2D eigenvalue weighted by atomic mass is 32.2. The molecule has 0 fully saturated rings. The van der Waals surface area contributed by atoms with E-state index in [4.69, 9.17) is 4.74 Å². The van der Waals surface area contributed by atoms with Crippen LogP contribution in [0, 0.1) is 0 Å². The van der Waals surface area contributed by atoms with Gasteiger partial charge < -0.3 is 14.9 Å². The summed E-state index contributed by atoms with van der Waals surface area (Å²) in [5, 5.41) is 20.3. The molecule has 0 aromatic heterocycles. The van der Waals surface area contributed by atoms with Crippen LogP contribution in [0.3, 0.4) is 0 Å². The van der Waals surface area contributed by atoms with Gasteiger partial charge in [-0.2, -0.15) is 0 Å². The smallest absolute Gasteiger partial charge is 0.344 e. The second-order valence-corrected chi connectivity index (χ2v) is 6.43. The lowest BCUT2D eigenvalue weighted by Crippen LogP contribution is -2.12. The standard InChI is InChI=1S/C20H17NO4S/c1-2-25-20(24)17-18(23)16(12-13-8-10-15(22)11-9-13)26-19(17)21-14-6-4-3-5-7-14/h3-12,22-23H,2H2,1H3/b16-12+,21-19?. The highest BCUT2D eigenvalue weighted by Gasteiger charge is 2.33. The number of aliphatic hydroxyl groups is 1. The molecule has 0 saturated heterocycles. The Morgan fingerprint density at radius 2 is 1.81 bits per heavy atom. The number of phenolic OH excluding ortho intramolecular Hbond substituents is 1. The van der Waals surface area contributed by atoms with Crippen molar-refractivity contribution in [2.45, 2.75) is 6.92 Å². The van der Waals surface area contributed by atoms with E-state index in [2.05, 4.69) is 4.99 Å². The molecule has 0 spiro atoms. The summed E-state index contributed by atoms with van der Waals surface area (Å²) in [7, 11) is 0. The number of thioether (sulfide) groups is 1. The molecule has 0 unspecified atom stereocenters. The largest absolute Gasteiger partial charge is 0.508 e. The second-order valence-electron chi connectivity index (χ2n) is 5.40. The molecule has 3 rings (SSSR count). The van der Waals surface area contributed by atoms with E-state index in [1.807, 2.05) is 30.3 Å². The number of aliphatic hydroxyl groups excluding tert-OH is 1. The molecule has 132 valence electrons. The van der Waals surface area contributed by atoms with Crippen molar-refractivity contribution < 1.29 is 19.7 Å². The summed E-state index contributed by atoms with van der Waals surface area (Å²) in [5.74, 6) is -0.609. The van der Waals surface area contributed by atoms with Crippen LogP contribution in [0.4, 0.5) is 5.69 Å². The second kappa shape index (κ2) is 7.93.